The van der Waals surface area contributed by atoms with Gasteiger partial charge >= 0.3 is 0 Å². The molecule has 0 unspecified atom stereocenters. The number of nitrogens with one attached hydrogen (secondary N) is 1. The van der Waals surface area contributed by atoms with Gasteiger partial charge in [-0.1, -0.05) is 17.7 Å². The van der Waals surface area contributed by atoms with Crippen molar-refractivity contribution in [3.05, 3.63) is 65.6 Å². The van der Waals surface area contributed by atoms with Gasteiger partial charge in [-0.05, 0) is 55.3 Å². The molecule has 2 heterocycles. The van der Waals surface area contributed by atoms with E-state index in [9.17, 15) is 9.18 Å². The summed E-state index contributed by atoms with van der Waals surface area (Å²) >= 11 is 6.15. The zero-order valence-electron chi connectivity index (χ0n) is 16.8. The predicted molar refractivity (Wildman–Crippen MR) is 119 cm³/mol. The van der Waals surface area contributed by atoms with Gasteiger partial charge in [0.25, 0.3) is 0 Å². The predicted octanol–water partition coefficient (Wildman–Crippen LogP) is 4.49. The molecule has 3 aromatic rings. The first-order valence-electron chi connectivity index (χ1n) is 10.3. The van der Waals surface area contributed by atoms with E-state index < -0.39 is 5.82 Å². The van der Waals surface area contributed by atoms with E-state index in [1.165, 1.54) is 18.9 Å². The van der Waals surface area contributed by atoms with Crippen molar-refractivity contribution in [2.24, 2.45) is 0 Å². The minimum atomic E-state index is -0.449. The maximum atomic E-state index is 14.2. The van der Waals surface area contributed by atoms with Crippen molar-refractivity contribution < 1.29 is 9.18 Å². The van der Waals surface area contributed by atoms with Crippen molar-refractivity contribution in [1.29, 1.82) is 0 Å². The fourth-order valence-electron chi connectivity index (χ4n) is 3.91. The highest BCUT2D eigenvalue weighted by molar-refractivity contribution is 6.33. The van der Waals surface area contributed by atoms with E-state index in [1.807, 2.05) is 29.2 Å². The third-order valence-electron chi connectivity index (χ3n) is 5.65. The summed E-state index contributed by atoms with van der Waals surface area (Å²) in [6, 6.07) is 14.5. The van der Waals surface area contributed by atoms with Gasteiger partial charge in [0.15, 0.2) is 0 Å². The fraction of sp³-hybridized carbons (Fsp3) is 0.261. The van der Waals surface area contributed by atoms with Crippen LogP contribution in [0.3, 0.4) is 0 Å². The van der Waals surface area contributed by atoms with E-state index in [-0.39, 0.29) is 16.5 Å². The highest BCUT2D eigenvalue weighted by atomic mass is 35.5. The van der Waals surface area contributed by atoms with Crippen molar-refractivity contribution in [2.75, 3.05) is 29.9 Å². The smallest absolute Gasteiger partial charge is 0.241 e. The summed E-state index contributed by atoms with van der Waals surface area (Å²) in [5.41, 5.74) is 2.94. The first-order valence-corrected chi connectivity index (χ1v) is 10.6. The topological polar surface area (TPSA) is 61.4 Å². The number of nitrogens with zero attached hydrogens (tertiary/aromatic N) is 4. The van der Waals surface area contributed by atoms with Crippen LogP contribution in [0.5, 0.6) is 0 Å². The zero-order chi connectivity index (χ0) is 21.4. The largest absolute Gasteiger partial charge is 0.354 e. The number of piperazine rings is 1. The van der Waals surface area contributed by atoms with Crippen LogP contribution in [0.4, 0.5) is 21.5 Å². The van der Waals surface area contributed by atoms with Crippen LogP contribution in [-0.4, -0.2) is 46.7 Å². The van der Waals surface area contributed by atoms with E-state index >= 15 is 0 Å². The van der Waals surface area contributed by atoms with Gasteiger partial charge in [0.2, 0.25) is 5.91 Å². The van der Waals surface area contributed by atoms with Crippen molar-refractivity contribution in [2.45, 2.75) is 18.9 Å². The molecule has 0 bridgehead atoms. The Morgan fingerprint density at radius 1 is 1.06 bits per heavy atom. The number of carbonyl (C=O) groups is 1. The monoisotopic (exact) mass is 437 g/mol. The number of amides is 1. The van der Waals surface area contributed by atoms with Gasteiger partial charge in [0.05, 0.1) is 34.7 Å². The van der Waals surface area contributed by atoms with Crippen LogP contribution in [0, 0.1) is 5.82 Å². The van der Waals surface area contributed by atoms with Crippen LogP contribution in [-0.2, 0) is 4.79 Å². The summed E-state index contributed by atoms with van der Waals surface area (Å²) in [4.78, 5) is 16.7. The number of rotatable bonds is 5. The Labute approximate surface area is 184 Å². The van der Waals surface area contributed by atoms with Crippen molar-refractivity contribution >= 4 is 34.6 Å². The Morgan fingerprint density at radius 2 is 1.87 bits per heavy atom. The average molecular weight is 438 g/mol. The maximum Gasteiger partial charge on any atom is 0.241 e. The molecule has 6 nitrogen and oxygen atoms in total. The molecule has 1 saturated heterocycles. The summed E-state index contributed by atoms with van der Waals surface area (Å²) in [5.74, 6) is -0.307. The summed E-state index contributed by atoms with van der Waals surface area (Å²) in [6.45, 7) is 2.12. The molecule has 0 atom stereocenters. The van der Waals surface area contributed by atoms with E-state index in [0.29, 0.717) is 30.5 Å². The lowest BCUT2D eigenvalue weighted by Gasteiger charge is -2.34. The third-order valence-corrected chi connectivity index (χ3v) is 5.97. The van der Waals surface area contributed by atoms with E-state index in [1.54, 1.807) is 24.4 Å². The van der Waals surface area contributed by atoms with Gasteiger partial charge in [-0.15, -0.1) is 0 Å². The first-order chi connectivity index (χ1) is 15.1. The van der Waals surface area contributed by atoms with E-state index in [2.05, 4.69) is 20.4 Å². The molecule has 1 aliphatic carbocycles. The Morgan fingerprint density at radius 3 is 2.58 bits per heavy atom. The van der Waals surface area contributed by atoms with Gasteiger partial charge in [0.1, 0.15) is 5.82 Å². The van der Waals surface area contributed by atoms with E-state index in [0.717, 1.165) is 17.9 Å². The second-order valence-electron chi connectivity index (χ2n) is 7.85. The molecule has 2 aromatic carbocycles. The molecular formula is C23H21ClFN5O. The number of anilines is 3. The van der Waals surface area contributed by atoms with Crippen molar-refractivity contribution in [3.63, 3.8) is 0 Å². The second kappa shape index (κ2) is 8.24. The van der Waals surface area contributed by atoms with Gasteiger partial charge < -0.3 is 10.2 Å². The fourth-order valence-corrected chi connectivity index (χ4v) is 4.17. The lowest BCUT2D eigenvalue weighted by molar-refractivity contribution is -0.121. The number of hydrogen-bond donors (Lipinski definition) is 1. The van der Waals surface area contributed by atoms with E-state index in [4.69, 9.17) is 11.6 Å². The lowest BCUT2D eigenvalue weighted by atomic mass is 10.1. The van der Waals surface area contributed by atoms with Crippen LogP contribution in [0.25, 0.3) is 11.3 Å². The number of halogens is 2. The molecular weight excluding hydrogens is 417 g/mol. The summed E-state index contributed by atoms with van der Waals surface area (Å²) < 4.78 is 14.2. The minimum Gasteiger partial charge on any atom is -0.354 e. The number of benzene rings is 2. The Bertz CT molecular complexity index is 1100. The molecule has 8 heteroatoms. The summed E-state index contributed by atoms with van der Waals surface area (Å²) in [7, 11) is 0. The zero-order valence-corrected chi connectivity index (χ0v) is 17.5. The minimum absolute atomic E-state index is 0.142. The number of carbonyl (C=O) groups excluding carboxylic acids is 1. The molecule has 2 fully saturated rings. The van der Waals surface area contributed by atoms with Gasteiger partial charge in [-0.25, -0.2) is 4.39 Å². The second-order valence-corrected chi connectivity index (χ2v) is 8.25. The van der Waals surface area contributed by atoms with Crippen LogP contribution < -0.4 is 10.2 Å². The van der Waals surface area contributed by atoms with Crippen LogP contribution in [0.15, 0.2) is 54.7 Å². The Balaban J connectivity index is 1.30. The molecule has 0 spiro atoms. The quantitative estimate of drug-likeness (QED) is 0.637. The number of aromatic nitrogens is 2. The normalized spacial score (nSPS) is 17.1. The van der Waals surface area contributed by atoms with Crippen LogP contribution in [0.1, 0.15) is 12.8 Å². The number of hydrogen-bond acceptors (Lipinski definition) is 5. The molecule has 2 aliphatic rings. The molecule has 1 amide bonds. The van der Waals surface area contributed by atoms with Gasteiger partial charge in [-0.2, -0.15) is 10.2 Å². The lowest BCUT2D eigenvalue weighted by Crippen LogP contribution is -2.51. The van der Waals surface area contributed by atoms with Crippen LogP contribution >= 0.6 is 11.6 Å². The first kappa shape index (κ1) is 19.9. The highest BCUT2D eigenvalue weighted by Crippen LogP contribution is 2.31. The van der Waals surface area contributed by atoms with Crippen LogP contribution in [0.2, 0.25) is 5.02 Å². The summed E-state index contributed by atoms with van der Waals surface area (Å²) in [6.07, 6.45) is 3.98. The van der Waals surface area contributed by atoms with Gasteiger partial charge in [-0.3, -0.25) is 9.69 Å². The van der Waals surface area contributed by atoms with Crippen molar-refractivity contribution in [3.8, 4) is 11.3 Å². The third kappa shape index (κ3) is 4.24. The maximum absolute atomic E-state index is 14.2. The van der Waals surface area contributed by atoms with Gasteiger partial charge in [0, 0.05) is 30.5 Å². The summed E-state index contributed by atoms with van der Waals surface area (Å²) in [5, 5.41) is 11.5. The molecule has 5 rings (SSSR count). The molecule has 1 aromatic heterocycles. The molecule has 31 heavy (non-hydrogen) atoms. The highest BCUT2D eigenvalue weighted by Gasteiger charge is 2.34. The van der Waals surface area contributed by atoms with Crippen molar-refractivity contribution in [1.82, 2.24) is 15.1 Å². The molecule has 1 N–H and O–H groups in total. The SMILES string of the molecule is O=C1CN(C2CC2)CCN1c1ccc(Nc2cnnc(-c3c(F)cccc3Cl)c2)cc1. The average Bonchev–Trinajstić information content (AvgIpc) is 3.60. The molecule has 1 aliphatic heterocycles. The Hall–Kier alpha value is -3.03. The molecule has 158 valence electrons. The standard InChI is InChI=1S/C23H21ClFN5O/c24-19-2-1-3-20(25)23(19)21-12-16(13-26-28-21)27-15-4-6-18(7-5-15)30-11-10-29(14-22(30)31)17-8-9-17/h1-7,12-13,17H,8-11,14H2,(H,27,28). The molecule has 0 radical (unpaired) electrons. The molecule has 1 saturated carbocycles. The Kier molecular flexibility index (Phi) is 5.29.